The van der Waals surface area contributed by atoms with Crippen LogP contribution < -0.4 is 4.90 Å². The molecule has 7 aromatic rings. The normalized spacial score (nSPS) is 14.1. The van der Waals surface area contributed by atoms with Crippen LogP contribution in [0.2, 0.25) is 0 Å². The Morgan fingerprint density at radius 3 is 2.15 bits per heavy atom. The second-order valence-corrected chi connectivity index (χ2v) is 12.7. The molecule has 2 nitrogen and oxygen atoms in total. The molecule has 2 heteroatoms. The van der Waals surface area contributed by atoms with E-state index in [9.17, 15) is 0 Å². The largest absolute Gasteiger partial charge is 0.456 e. The minimum atomic E-state index is -0.165. The van der Waals surface area contributed by atoms with Crippen LogP contribution in [-0.4, -0.2) is 0 Å². The quantitative estimate of drug-likeness (QED) is 0.178. The zero-order valence-corrected chi connectivity index (χ0v) is 26.4. The average molecular weight is 594 g/mol. The van der Waals surface area contributed by atoms with E-state index in [1.54, 1.807) is 0 Å². The van der Waals surface area contributed by atoms with Crippen LogP contribution in [0.4, 0.5) is 11.4 Å². The van der Waals surface area contributed by atoms with Crippen LogP contribution in [0.15, 0.2) is 168 Å². The van der Waals surface area contributed by atoms with Crippen LogP contribution in [0.5, 0.6) is 0 Å². The molecule has 0 N–H and O–H groups in total. The molecule has 1 aliphatic carbocycles. The Hall–Kier alpha value is -5.60. The average Bonchev–Trinajstić information content (AvgIpc) is 3.56. The lowest BCUT2D eigenvalue weighted by Gasteiger charge is -2.26. The van der Waals surface area contributed by atoms with Gasteiger partial charge in [-0.3, -0.25) is 0 Å². The minimum Gasteiger partial charge on any atom is -0.456 e. The molecule has 222 valence electrons. The van der Waals surface area contributed by atoms with Crippen LogP contribution in [0.3, 0.4) is 0 Å². The molecular formula is C44H35NO. The third-order valence-electron chi connectivity index (χ3n) is 9.76. The third-order valence-corrected chi connectivity index (χ3v) is 9.76. The molecule has 46 heavy (non-hydrogen) atoms. The summed E-state index contributed by atoms with van der Waals surface area (Å²) in [6, 6.07) is 47.2. The lowest BCUT2D eigenvalue weighted by atomic mass is 9.81. The summed E-state index contributed by atoms with van der Waals surface area (Å²) in [7, 11) is 0. The summed E-state index contributed by atoms with van der Waals surface area (Å²) in [5, 5.41) is 4.83. The molecular weight excluding hydrogens is 558 g/mol. The van der Waals surface area contributed by atoms with Gasteiger partial charge in [0.15, 0.2) is 0 Å². The first-order valence-corrected chi connectivity index (χ1v) is 15.9. The van der Waals surface area contributed by atoms with Gasteiger partial charge in [-0.25, -0.2) is 0 Å². The number of fused-ring (bicyclic) bond motifs is 6. The SMILES string of the molecule is C=C(/C=C\C1=C(C)C(C)(C)c2c1ccc1c2oc2ccccc21)N(c1ccccc1)c1ccc(-c2ccc3ccccc3c2)cc1. The molecule has 6 aromatic carbocycles. The Morgan fingerprint density at radius 2 is 1.35 bits per heavy atom. The Labute approximate surface area is 270 Å². The second kappa shape index (κ2) is 10.8. The third kappa shape index (κ3) is 4.49. The number of furan rings is 1. The van der Waals surface area contributed by atoms with Crippen LogP contribution >= 0.6 is 0 Å². The summed E-state index contributed by atoms with van der Waals surface area (Å²) < 4.78 is 6.49. The molecule has 0 unspecified atom stereocenters. The van der Waals surface area contributed by atoms with E-state index in [4.69, 9.17) is 4.42 Å². The standard InChI is InChI=1S/C44H35NO/c1-29(18-25-37-30(2)44(3,4)42-39(37)26-27-40-38-16-10-11-17-41(38)46-43(40)42)45(35-14-6-5-7-15-35)36-23-21-32(22-24-36)34-20-19-31-12-8-9-13-33(31)28-34/h5-28H,1H2,2-4H3/b25-18-. The lowest BCUT2D eigenvalue weighted by Crippen LogP contribution is -2.15. The van der Waals surface area contributed by atoms with E-state index >= 15 is 0 Å². The van der Waals surface area contributed by atoms with Crippen molar-refractivity contribution in [3.05, 3.63) is 175 Å². The van der Waals surface area contributed by atoms with Gasteiger partial charge in [-0.05, 0) is 88.5 Å². The number of rotatable bonds is 6. The molecule has 0 fully saturated rings. The van der Waals surface area contributed by atoms with E-state index in [2.05, 4.69) is 166 Å². The highest BCUT2D eigenvalue weighted by molar-refractivity contribution is 6.08. The number of benzene rings is 6. The summed E-state index contributed by atoms with van der Waals surface area (Å²) in [4.78, 5) is 2.22. The molecule has 0 saturated heterocycles. The van der Waals surface area contributed by atoms with Crippen LogP contribution in [-0.2, 0) is 5.41 Å². The maximum absolute atomic E-state index is 6.49. The van der Waals surface area contributed by atoms with Gasteiger partial charge < -0.3 is 9.32 Å². The van der Waals surface area contributed by atoms with E-state index in [0.717, 1.165) is 33.6 Å². The highest BCUT2D eigenvalue weighted by Gasteiger charge is 2.37. The van der Waals surface area contributed by atoms with E-state index < -0.39 is 0 Å². The van der Waals surface area contributed by atoms with Crippen molar-refractivity contribution in [3.63, 3.8) is 0 Å². The molecule has 8 rings (SSSR count). The fourth-order valence-electron chi connectivity index (χ4n) is 7.06. The summed E-state index contributed by atoms with van der Waals surface area (Å²) >= 11 is 0. The lowest BCUT2D eigenvalue weighted by molar-refractivity contribution is 0.608. The smallest absolute Gasteiger partial charge is 0.140 e. The zero-order chi connectivity index (χ0) is 31.4. The fraction of sp³-hybridized carbons (Fsp3) is 0.0909. The first-order valence-electron chi connectivity index (χ1n) is 15.9. The monoisotopic (exact) mass is 593 g/mol. The number of allylic oxidation sites excluding steroid dienone is 4. The number of para-hydroxylation sites is 2. The minimum absolute atomic E-state index is 0.165. The molecule has 0 saturated carbocycles. The Balaban J connectivity index is 1.15. The Morgan fingerprint density at radius 1 is 0.674 bits per heavy atom. The van der Waals surface area contributed by atoms with Crippen molar-refractivity contribution in [2.24, 2.45) is 0 Å². The summed E-state index contributed by atoms with van der Waals surface area (Å²) in [6.07, 6.45) is 4.39. The number of hydrogen-bond acceptors (Lipinski definition) is 2. The summed E-state index contributed by atoms with van der Waals surface area (Å²) in [6.45, 7) is 11.4. The van der Waals surface area contributed by atoms with Gasteiger partial charge in [0.1, 0.15) is 11.2 Å². The van der Waals surface area contributed by atoms with Crippen molar-refractivity contribution in [2.45, 2.75) is 26.2 Å². The molecule has 1 aromatic heterocycles. The molecule has 0 atom stereocenters. The van der Waals surface area contributed by atoms with Gasteiger partial charge in [-0.1, -0.05) is 123 Å². The van der Waals surface area contributed by atoms with Crippen LogP contribution in [0.25, 0.3) is 49.4 Å². The highest BCUT2D eigenvalue weighted by atomic mass is 16.3. The van der Waals surface area contributed by atoms with E-state index in [1.165, 1.54) is 49.6 Å². The van der Waals surface area contributed by atoms with Crippen molar-refractivity contribution >= 4 is 49.7 Å². The van der Waals surface area contributed by atoms with Crippen molar-refractivity contribution in [1.29, 1.82) is 0 Å². The zero-order valence-electron chi connectivity index (χ0n) is 26.4. The van der Waals surface area contributed by atoms with Gasteiger partial charge in [0.25, 0.3) is 0 Å². The molecule has 0 spiro atoms. The van der Waals surface area contributed by atoms with Crippen molar-refractivity contribution < 1.29 is 4.42 Å². The Bertz CT molecular complexity index is 2350. The predicted octanol–water partition coefficient (Wildman–Crippen LogP) is 12.4. The Kier molecular flexibility index (Phi) is 6.54. The van der Waals surface area contributed by atoms with Gasteiger partial charge in [0, 0.05) is 38.8 Å². The number of nitrogens with zero attached hydrogens (tertiary/aromatic N) is 1. The number of hydrogen-bond donors (Lipinski definition) is 0. The van der Waals surface area contributed by atoms with Crippen LogP contribution in [0.1, 0.15) is 31.9 Å². The van der Waals surface area contributed by atoms with Crippen LogP contribution in [0, 0.1) is 0 Å². The summed E-state index contributed by atoms with van der Waals surface area (Å²) in [5.41, 5.74) is 12.2. The second-order valence-electron chi connectivity index (χ2n) is 12.7. The highest BCUT2D eigenvalue weighted by Crippen LogP contribution is 2.51. The van der Waals surface area contributed by atoms with Crippen molar-refractivity contribution in [3.8, 4) is 11.1 Å². The molecule has 1 aliphatic rings. The van der Waals surface area contributed by atoms with Crippen molar-refractivity contribution in [1.82, 2.24) is 0 Å². The molecule has 0 amide bonds. The molecule has 0 radical (unpaired) electrons. The van der Waals surface area contributed by atoms with Crippen molar-refractivity contribution in [2.75, 3.05) is 4.90 Å². The van der Waals surface area contributed by atoms with E-state index in [0.29, 0.717) is 0 Å². The van der Waals surface area contributed by atoms with Gasteiger partial charge in [-0.2, -0.15) is 0 Å². The summed E-state index contributed by atoms with van der Waals surface area (Å²) in [5.74, 6) is 0. The van der Waals surface area contributed by atoms with Gasteiger partial charge in [0.05, 0.1) is 0 Å². The molecule has 1 heterocycles. The molecule has 0 aliphatic heterocycles. The van der Waals surface area contributed by atoms with E-state index in [1.807, 2.05) is 12.1 Å². The first-order chi connectivity index (χ1) is 22.4. The first kappa shape index (κ1) is 27.9. The maximum atomic E-state index is 6.49. The van der Waals surface area contributed by atoms with Gasteiger partial charge in [0.2, 0.25) is 0 Å². The maximum Gasteiger partial charge on any atom is 0.140 e. The molecule has 0 bridgehead atoms. The topological polar surface area (TPSA) is 16.4 Å². The van der Waals surface area contributed by atoms with E-state index in [-0.39, 0.29) is 5.41 Å². The van der Waals surface area contributed by atoms with Gasteiger partial charge >= 0.3 is 0 Å². The fourth-order valence-corrected chi connectivity index (χ4v) is 7.06. The number of anilines is 2. The predicted molar refractivity (Wildman–Crippen MR) is 196 cm³/mol. The van der Waals surface area contributed by atoms with Gasteiger partial charge in [-0.15, -0.1) is 0 Å².